The van der Waals surface area contributed by atoms with Crippen LogP contribution in [0.3, 0.4) is 0 Å². The molecule has 0 atom stereocenters. The molecule has 0 aromatic carbocycles. The Morgan fingerprint density at radius 3 is 2.29 bits per heavy atom. The van der Waals surface area contributed by atoms with E-state index in [0.717, 1.165) is 5.33 Å². The molecule has 0 saturated heterocycles. The fourth-order valence-corrected chi connectivity index (χ4v) is 2.35. The molecule has 0 spiro atoms. The number of alkyl halides is 1. The molecule has 0 aromatic rings. The first-order valence-electron chi connectivity index (χ1n) is 5.68. The average Bonchev–Trinajstić information content (AvgIpc) is 2.10. The second kappa shape index (κ2) is 7.27. The lowest BCUT2D eigenvalue weighted by Crippen LogP contribution is -2.35. The van der Waals surface area contributed by atoms with Crippen molar-refractivity contribution in [3.63, 3.8) is 0 Å². The molecule has 1 aliphatic rings. The van der Waals surface area contributed by atoms with E-state index in [1.165, 1.54) is 44.9 Å². The standard InChI is InChI=1S/C11H20BrNO/c12-9-8-11(14)13-10-6-4-2-1-3-5-7-10/h10H,1-9H2,(H,13,14). The minimum Gasteiger partial charge on any atom is -0.353 e. The Morgan fingerprint density at radius 1 is 1.14 bits per heavy atom. The molecule has 1 rings (SSSR count). The molecule has 0 bridgehead atoms. The summed E-state index contributed by atoms with van der Waals surface area (Å²) in [5, 5.41) is 3.89. The van der Waals surface area contributed by atoms with Crippen LogP contribution in [0.2, 0.25) is 0 Å². The van der Waals surface area contributed by atoms with E-state index in [4.69, 9.17) is 0 Å². The van der Waals surface area contributed by atoms with E-state index in [-0.39, 0.29) is 5.91 Å². The largest absolute Gasteiger partial charge is 0.353 e. The van der Waals surface area contributed by atoms with Gasteiger partial charge in [-0.2, -0.15) is 0 Å². The number of nitrogens with one attached hydrogen (secondary N) is 1. The van der Waals surface area contributed by atoms with Gasteiger partial charge >= 0.3 is 0 Å². The van der Waals surface area contributed by atoms with E-state index >= 15 is 0 Å². The van der Waals surface area contributed by atoms with Gasteiger partial charge in [-0.25, -0.2) is 0 Å². The third-order valence-corrected chi connectivity index (χ3v) is 3.19. The van der Waals surface area contributed by atoms with Crippen molar-refractivity contribution in [1.29, 1.82) is 0 Å². The van der Waals surface area contributed by atoms with E-state index in [2.05, 4.69) is 21.2 Å². The van der Waals surface area contributed by atoms with Crippen molar-refractivity contribution in [2.75, 3.05) is 5.33 Å². The van der Waals surface area contributed by atoms with Crippen LogP contribution in [0, 0.1) is 0 Å². The normalized spacial score (nSPS) is 19.8. The summed E-state index contributed by atoms with van der Waals surface area (Å²) in [5.41, 5.74) is 0. The summed E-state index contributed by atoms with van der Waals surface area (Å²) in [6.45, 7) is 0. The molecule has 0 heterocycles. The third kappa shape index (κ3) is 4.99. The smallest absolute Gasteiger partial charge is 0.221 e. The molecule has 2 nitrogen and oxygen atoms in total. The number of carbonyl (C=O) groups excluding carboxylic acids is 1. The van der Waals surface area contributed by atoms with Crippen LogP contribution in [-0.4, -0.2) is 17.3 Å². The maximum Gasteiger partial charge on any atom is 0.221 e. The first-order chi connectivity index (χ1) is 6.83. The van der Waals surface area contributed by atoms with Gasteiger partial charge in [-0.3, -0.25) is 4.79 Å². The number of hydrogen-bond acceptors (Lipinski definition) is 1. The van der Waals surface area contributed by atoms with E-state index in [0.29, 0.717) is 12.5 Å². The zero-order valence-electron chi connectivity index (χ0n) is 8.73. The van der Waals surface area contributed by atoms with Crippen molar-refractivity contribution < 1.29 is 4.79 Å². The molecule has 0 unspecified atom stereocenters. The Kier molecular flexibility index (Phi) is 6.24. The number of halogens is 1. The average molecular weight is 262 g/mol. The van der Waals surface area contributed by atoms with Crippen molar-refractivity contribution in [1.82, 2.24) is 5.32 Å². The minimum atomic E-state index is 0.201. The predicted molar refractivity (Wildman–Crippen MR) is 62.7 cm³/mol. The molecule has 3 heteroatoms. The fraction of sp³-hybridized carbons (Fsp3) is 0.909. The van der Waals surface area contributed by atoms with Gasteiger partial charge in [0.25, 0.3) is 0 Å². The Morgan fingerprint density at radius 2 is 1.71 bits per heavy atom. The molecular weight excluding hydrogens is 242 g/mol. The van der Waals surface area contributed by atoms with Gasteiger partial charge in [0, 0.05) is 17.8 Å². The first-order valence-corrected chi connectivity index (χ1v) is 6.80. The van der Waals surface area contributed by atoms with Crippen LogP contribution < -0.4 is 5.32 Å². The second-order valence-electron chi connectivity index (χ2n) is 4.05. The maximum absolute atomic E-state index is 11.4. The van der Waals surface area contributed by atoms with Crippen LogP contribution in [0.1, 0.15) is 51.4 Å². The molecule has 0 aromatic heterocycles. The highest BCUT2D eigenvalue weighted by Crippen LogP contribution is 2.17. The van der Waals surface area contributed by atoms with Gasteiger partial charge < -0.3 is 5.32 Å². The summed E-state index contributed by atoms with van der Waals surface area (Å²) in [5.74, 6) is 0.201. The van der Waals surface area contributed by atoms with Gasteiger partial charge in [0.2, 0.25) is 5.91 Å². The first kappa shape index (κ1) is 12.0. The summed E-state index contributed by atoms with van der Waals surface area (Å²) < 4.78 is 0. The highest BCUT2D eigenvalue weighted by atomic mass is 79.9. The van der Waals surface area contributed by atoms with Crippen LogP contribution in [0.25, 0.3) is 0 Å². The minimum absolute atomic E-state index is 0.201. The molecule has 82 valence electrons. The van der Waals surface area contributed by atoms with Crippen LogP contribution >= 0.6 is 15.9 Å². The van der Waals surface area contributed by atoms with E-state index in [9.17, 15) is 4.79 Å². The highest BCUT2D eigenvalue weighted by molar-refractivity contribution is 9.09. The van der Waals surface area contributed by atoms with Crippen LogP contribution in [-0.2, 0) is 4.79 Å². The van der Waals surface area contributed by atoms with Crippen molar-refractivity contribution >= 4 is 21.8 Å². The van der Waals surface area contributed by atoms with Gasteiger partial charge in [-0.15, -0.1) is 0 Å². The van der Waals surface area contributed by atoms with Gasteiger partial charge in [-0.05, 0) is 12.8 Å². The Hall–Kier alpha value is -0.0500. The lowest BCUT2D eigenvalue weighted by Gasteiger charge is -2.20. The molecule has 1 N–H and O–H groups in total. The van der Waals surface area contributed by atoms with Crippen LogP contribution in [0.4, 0.5) is 0 Å². The number of amides is 1. The van der Waals surface area contributed by atoms with Crippen LogP contribution in [0.5, 0.6) is 0 Å². The van der Waals surface area contributed by atoms with E-state index < -0.39 is 0 Å². The third-order valence-electron chi connectivity index (χ3n) is 2.79. The van der Waals surface area contributed by atoms with Crippen molar-refractivity contribution in [2.24, 2.45) is 0 Å². The molecule has 1 amide bonds. The number of hydrogen-bond donors (Lipinski definition) is 1. The molecule has 1 fully saturated rings. The second-order valence-corrected chi connectivity index (χ2v) is 4.84. The van der Waals surface area contributed by atoms with Crippen molar-refractivity contribution in [3.05, 3.63) is 0 Å². The maximum atomic E-state index is 11.4. The summed E-state index contributed by atoms with van der Waals surface area (Å²) in [4.78, 5) is 11.4. The topological polar surface area (TPSA) is 29.1 Å². The summed E-state index contributed by atoms with van der Waals surface area (Å²) in [7, 11) is 0. The summed E-state index contributed by atoms with van der Waals surface area (Å²) in [6.07, 6.45) is 9.56. The molecule has 0 aliphatic heterocycles. The Bertz CT molecular complexity index is 165. The van der Waals surface area contributed by atoms with Gasteiger partial charge in [0.1, 0.15) is 0 Å². The Labute approximate surface area is 95.0 Å². The molecule has 1 saturated carbocycles. The van der Waals surface area contributed by atoms with E-state index in [1.807, 2.05) is 0 Å². The lowest BCUT2D eigenvalue weighted by molar-refractivity contribution is -0.121. The lowest BCUT2D eigenvalue weighted by atomic mass is 9.97. The molecule has 0 radical (unpaired) electrons. The van der Waals surface area contributed by atoms with Crippen LogP contribution in [0.15, 0.2) is 0 Å². The molecular formula is C11H20BrNO. The highest BCUT2D eigenvalue weighted by Gasteiger charge is 2.12. The van der Waals surface area contributed by atoms with E-state index in [1.54, 1.807) is 0 Å². The molecule has 1 aliphatic carbocycles. The summed E-state index contributed by atoms with van der Waals surface area (Å²) in [6, 6.07) is 0.446. The monoisotopic (exact) mass is 261 g/mol. The van der Waals surface area contributed by atoms with Crippen molar-refractivity contribution in [2.45, 2.75) is 57.4 Å². The predicted octanol–water partition coefficient (Wildman–Crippen LogP) is 3.00. The van der Waals surface area contributed by atoms with Crippen molar-refractivity contribution in [3.8, 4) is 0 Å². The van der Waals surface area contributed by atoms with Gasteiger partial charge in [0.05, 0.1) is 0 Å². The SMILES string of the molecule is O=C(CCBr)NC1CCCCCCC1. The zero-order chi connectivity index (χ0) is 10.2. The van der Waals surface area contributed by atoms with Gasteiger partial charge in [-0.1, -0.05) is 48.0 Å². The quantitative estimate of drug-likeness (QED) is 0.778. The zero-order valence-corrected chi connectivity index (χ0v) is 10.3. The summed E-state index contributed by atoms with van der Waals surface area (Å²) >= 11 is 3.28. The molecule has 14 heavy (non-hydrogen) atoms. The fourth-order valence-electron chi connectivity index (χ4n) is 1.99. The number of carbonyl (C=O) groups is 1. The van der Waals surface area contributed by atoms with Gasteiger partial charge in [0.15, 0.2) is 0 Å². The number of rotatable bonds is 3. The Balaban J connectivity index is 2.22.